The van der Waals surface area contributed by atoms with Crippen molar-refractivity contribution >= 4 is 0 Å². The quantitative estimate of drug-likeness (QED) is 0.571. The fourth-order valence-electron chi connectivity index (χ4n) is 10.2. The van der Waals surface area contributed by atoms with Gasteiger partial charge in [-0.05, 0) is 91.8 Å². The monoisotopic (exact) mass is 432 g/mol. The molecule has 0 bridgehead atoms. The second-order valence-corrected chi connectivity index (χ2v) is 13.3. The zero-order chi connectivity index (χ0) is 21.8. The Morgan fingerprint density at radius 2 is 1.71 bits per heavy atom. The molecule has 1 spiro atoms. The summed E-state index contributed by atoms with van der Waals surface area (Å²) in [6, 6.07) is 0. The zero-order valence-electron chi connectivity index (χ0n) is 20.1. The van der Waals surface area contributed by atoms with Gasteiger partial charge in [0.1, 0.15) is 0 Å². The number of fused-ring (bicyclic) bond motifs is 7. The van der Waals surface area contributed by atoms with Crippen molar-refractivity contribution in [3.8, 4) is 0 Å². The van der Waals surface area contributed by atoms with E-state index in [0.29, 0.717) is 53.4 Å². The van der Waals surface area contributed by atoms with Crippen molar-refractivity contribution in [1.82, 2.24) is 0 Å². The lowest BCUT2D eigenvalue weighted by Crippen LogP contribution is -2.63. The van der Waals surface area contributed by atoms with Crippen molar-refractivity contribution < 1.29 is 19.7 Å². The van der Waals surface area contributed by atoms with Crippen LogP contribution < -0.4 is 0 Å². The molecule has 2 aliphatic heterocycles. The van der Waals surface area contributed by atoms with Crippen LogP contribution in [0.25, 0.3) is 0 Å². The molecular weight excluding hydrogens is 388 g/mol. The molecule has 0 aromatic carbocycles. The summed E-state index contributed by atoms with van der Waals surface area (Å²) in [5.41, 5.74) is -0.375. The SMILES string of the molecule is C[C@@H]1CC[C@@]2(OC1)O[C@H]1C[C@@H]3[C@@H]4CC[C@@]5(O)C[C@@H](O)CC[C@]5(C)[C@@H]4CC[C@]3(C)[C@H]1[C@@H]2C. The van der Waals surface area contributed by atoms with Gasteiger partial charge in [-0.3, -0.25) is 0 Å². The predicted octanol–water partition coefficient (Wildman–Crippen LogP) is 4.91. The molecule has 31 heavy (non-hydrogen) atoms. The second-order valence-electron chi connectivity index (χ2n) is 13.3. The van der Waals surface area contributed by atoms with E-state index in [0.717, 1.165) is 38.7 Å². The van der Waals surface area contributed by atoms with Gasteiger partial charge in [0.15, 0.2) is 5.79 Å². The first-order valence-electron chi connectivity index (χ1n) is 13.3. The summed E-state index contributed by atoms with van der Waals surface area (Å²) in [7, 11) is 0. The Morgan fingerprint density at radius 1 is 0.903 bits per heavy atom. The highest BCUT2D eigenvalue weighted by molar-refractivity contribution is 5.17. The third kappa shape index (κ3) is 2.68. The lowest BCUT2D eigenvalue weighted by molar-refractivity contribution is -0.274. The van der Waals surface area contributed by atoms with E-state index in [2.05, 4.69) is 27.7 Å². The molecule has 4 aliphatic carbocycles. The van der Waals surface area contributed by atoms with Gasteiger partial charge in [-0.2, -0.15) is 0 Å². The minimum absolute atomic E-state index is 0.0372. The minimum atomic E-state index is -0.672. The van der Waals surface area contributed by atoms with Gasteiger partial charge in [0, 0.05) is 18.8 Å². The summed E-state index contributed by atoms with van der Waals surface area (Å²) in [6.45, 7) is 10.5. The van der Waals surface area contributed by atoms with Crippen molar-refractivity contribution in [2.75, 3.05) is 6.61 Å². The topological polar surface area (TPSA) is 58.9 Å². The van der Waals surface area contributed by atoms with Crippen molar-refractivity contribution in [2.24, 2.45) is 46.3 Å². The van der Waals surface area contributed by atoms with Gasteiger partial charge < -0.3 is 19.7 Å². The molecule has 4 saturated carbocycles. The van der Waals surface area contributed by atoms with Crippen LogP contribution in [-0.4, -0.2) is 40.4 Å². The third-order valence-corrected chi connectivity index (χ3v) is 12.0. The van der Waals surface area contributed by atoms with Crippen LogP contribution in [0.15, 0.2) is 0 Å². The van der Waals surface area contributed by atoms with Crippen molar-refractivity contribution in [2.45, 2.75) is 115 Å². The first-order valence-corrected chi connectivity index (χ1v) is 13.3. The molecule has 2 saturated heterocycles. The van der Waals surface area contributed by atoms with Crippen LogP contribution in [0.3, 0.4) is 0 Å². The molecular formula is C27H44O4. The number of hydrogen-bond acceptors (Lipinski definition) is 4. The highest BCUT2D eigenvalue weighted by atomic mass is 16.7. The van der Waals surface area contributed by atoms with Gasteiger partial charge >= 0.3 is 0 Å². The van der Waals surface area contributed by atoms with Gasteiger partial charge in [-0.15, -0.1) is 0 Å². The average Bonchev–Trinajstić information content (AvgIpc) is 3.16. The summed E-state index contributed by atoms with van der Waals surface area (Å²) in [5, 5.41) is 22.0. The molecule has 0 aromatic heterocycles. The minimum Gasteiger partial charge on any atom is -0.393 e. The summed E-state index contributed by atoms with van der Waals surface area (Å²) in [6.07, 6.45) is 10.4. The summed E-state index contributed by atoms with van der Waals surface area (Å²) in [4.78, 5) is 0. The smallest absolute Gasteiger partial charge is 0.171 e. The van der Waals surface area contributed by atoms with Gasteiger partial charge in [-0.1, -0.05) is 27.7 Å². The highest BCUT2D eigenvalue weighted by Gasteiger charge is 2.70. The fourth-order valence-corrected chi connectivity index (χ4v) is 10.2. The van der Waals surface area contributed by atoms with E-state index in [1.807, 2.05) is 0 Å². The van der Waals surface area contributed by atoms with E-state index in [1.54, 1.807) is 0 Å². The van der Waals surface area contributed by atoms with Crippen LogP contribution in [-0.2, 0) is 9.47 Å². The Kier molecular flexibility index (Phi) is 4.62. The van der Waals surface area contributed by atoms with E-state index < -0.39 is 5.60 Å². The van der Waals surface area contributed by atoms with E-state index in [9.17, 15) is 10.2 Å². The van der Waals surface area contributed by atoms with Crippen LogP contribution >= 0.6 is 0 Å². The number of aliphatic hydroxyl groups excluding tert-OH is 1. The molecule has 6 fully saturated rings. The van der Waals surface area contributed by atoms with Crippen molar-refractivity contribution in [3.63, 3.8) is 0 Å². The normalized spacial score (nSPS) is 63.3. The van der Waals surface area contributed by atoms with Crippen LogP contribution in [0.2, 0.25) is 0 Å². The number of hydrogen-bond donors (Lipinski definition) is 2. The van der Waals surface area contributed by atoms with Crippen LogP contribution in [0.5, 0.6) is 0 Å². The van der Waals surface area contributed by atoms with Crippen LogP contribution in [0.4, 0.5) is 0 Å². The Balaban J connectivity index is 1.27. The van der Waals surface area contributed by atoms with Crippen LogP contribution in [0.1, 0.15) is 91.9 Å². The molecule has 2 N–H and O–H groups in total. The number of ether oxygens (including phenoxy) is 2. The summed E-state index contributed by atoms with van der Waals surface area (Å²) in [5.74, 6) is 3.39. The fraction of sp³-hybridized carbons (Fsp3) is 1.00. The molecule has 4 nitrogen and oxygen atoms in total. The Bertz CT molecular complexity index is 731. The van der Waals surface area contributed by atoms with Crippen molar-refractivity contribution in [3.05, 3.63) is 0 Å². The predicted molar refractivity (Wildman–Crippen MR) is 119 cm³/mol. The Hall–Kier alpha value is -0.160. The maximum atomic E-state index is 11.7. The van der Waals surface area contributed by atoms with Gasteiger partial charge in [0.25, 0.3) is 0 Å². The first kappa shape index (κ1) is 21.4. The first-order chi connectivity index (χ1) is 14.6. The van der Waals surface area contributed by atoms with E-state index >= 15 is 0 Å². The third-order valence-electron chi connectivity index (χ3n) is 12.0. The van der Waals surface area contributed by atoms with E-state index in [1.165, 1.54) is 25.7 Å². The molecule has 176 valence electrons. The molecule has 0 amide bonds. The molecule has 12 atom stereocenters. The van der Waals surface area contributed by atoms with Gasteiger partial charge in [0.05, 0.1) is 24.4 Å². The molecule has 0 radical (unpaired) electrons. The summed E-state index contributed by atoms with van der Waals surface area (Å²) >= 11 is 0. The average molecular weight is 433 g/mol. The van der Waals surface area contributed by atoms with Crippen LogP contribution in [0, 0.1) is 46.3 Å². The van der Waals surface area contributed by atoms with Gasteiger partial charge in [0.2, 0.25) is 0 Å². The lowest BCUT2D eigenvalue weighted by atomic mass is 9.43. The number of aliphatic hydroxyl groups is 2. The molecule has 0 unspecified atom stereocenters. The standard InChI is InChI=1S/C27H44O4/c1-16-5-12-27(30-15-16)17(2)23-22(31-27)13-21-19-7-11-26(29)14-18(28)6-10-25(26,4)20(19)8-9-24(21,23)3/h16-23,28-29H,5-15H2,1-4H3/t16-,17+,18+,19-,20-,21-,22+,23+,24+,25-,26-,27-/m1/s1. The summed E-state index contributed by atoms with van der Waals surface area (Å²) < 4.78 is 13.3. The van der Waals surface area contributed by atoms with Crippen molar-refractivity contribution in [1.29, 1.82) is 0 Å². The van der Waals surface area contributed by atoms with E-state index in [4.69, 9.17) is 9.47 Å². The largest absolute Gasteiger partial charge is 0.393 e. The molecule has 6 rings (SSSR count). The van der Waals surface area contributed by atoms with E-state index in [-0.39, 0.29) is 17.3 Å². The lowest BCUT2D eigenvalue weighted by Gasteiger charge is -2.64. The highest BCUT2D eigenvalue weighted by Crippen LogP contribution is 2.71. The zero-order valence-corrected chi connectivity index (χ0v) is 20.1. The van der Waals surface area contributed by atoms with Gasteiger partial charge in [-0.25, -0.2) is 0 Å². The molecule has 6 aliphatic rings. The second kappa shape index (κ2) is 6.71. The molecule has 0 aromatic rings. The number of rotatable bonds is 0. The maximum Gasteiger partial charge on any atom is 0.171 e. The Labute approximate surface area is 188 Å². The maximum absolute atomic E-state index is 11.7. The molecule has 4 heteroatoms. The Morgan fingerprint density at radius 3 is 2.45 bits per heavy atom. The molecule has 2 heterocycles.